The Labute approximate surface area is 214 Å². The summed E-state index contributed by atoms with van der Waals surface area (Å²) in [5.74, 6) is 0.838. The van der Waals surface area contributed by atoms with Crippen molar-refractivity contribution in [1.29, 1.82) is 0 Å². The third-order valence-corrected chi connectivity index (χ3v) is 6.49. The van der Waals surface area contributed by atoms with Gasteiger partial charge in [-0.25, -0.2) is 9.78 Å². The number of carbonyl (C=O) groups is 2. The number of pyridine rings is 1. The molecule has 9 heteroatoms. The molecule has 1 atom stereocenters. The average molecular weight is 503 g/mol. The van der Waals surface area contributed by atoms with E-state index >= 15 is 0 Å². The van der Waals surface area contributed by atoms with Gasteiger partial charge in [0.05, 0.1) is 43.9 Å². The molecular formula is C28H30N4O5. The number of methoxy groups -OCH3 is 1. The molecule has 1 saturated heterocycles. The maximum Gasteiger partial charge on any atom is 0.356 e. The molecule has 4 heterocycles. The molecule has 3 aromatic heterocycles. The molecule has 1 unspecified atom stereocenters. The maximum absolute atomic E-state index is 13.2. The van der Waals surface area contributed by atoms with E-state index in [1.165, 1.54) is 7.11 Å². The van der Waals surface area contributed by atoms with E-state index in [1.807, 2.05) is 31.2 Å². The van der Waals surface area contributed by atoms with Crippen molar-refractivity contribution in [2.45, 2.75) is 45.4 Å². The van der Waals surface area contributed by atoms with E-state index in [0.717, 1.165) is 36.5 Å². The van der Waals surface area contributed by atoms with Crippen LogP contribution in [0.2, 0.25) is 0 Å². The molecule has 0 aliphatic carbocycles. The highest BCUT2D eigenvalue weighted by molar-refractivity contribution is 6.14. The van der Waals surface area contributed by atoms with Crippen LogP contribution in [0.4, 0.5) is 11.4 Å². The summed E-state index contributed by atoms with van der Waals surface area (Å²) < 4.78 is 18.6. The van der Waals surface area contributed by atoms with Crippen LogP contribution in [-0.4, -0.2) is 41.2 Å². The first-order chi connectivity index (χ1) is 18.1. The lowest BCUT2D eigenvalue weighted by Crippen LogP contribution is -2.21. The zero-order valence-electron chi connectivity index (χ0n) is 21.0. The predicted molar refractivity (Wildman–Crippen MR) is 140 cm³/mol. The molecule has 1 aliphatic heterocycles. The highest BCUT2D eigenvalue weighted by Gasteiger charge is 2.29. The minimum atomic E-state index is -0.559. The monoisotopic (exact) mass is 502 g/mol. The summed E-state index contributed by atoms with van der Waals surface area (Å²) in [4.78, 5) is 30.9. The number of aromatic nitrogens is 2. The Morgan fingerprint density at radius 2 is 1.97 bits per heavy atom. The number of fused-ring (bicyclic) bond motifs is 1. The number of hydrogen-bond donors (Lipinski definition) is 2. The molecule has 0 spiro atoms. The lowest BCUT2D eigenvalue weighted by atomic mass is 10.2. The van der Waals surface area contributed by atoms with Gasteiger partial charge in [0.25, 0.3) is 5.91 Å². The Hall–Kier alpha value is -4.11. The number of esters is 1. The molecule has 5 rings (SSSR count). The number of benzene rings is 1. The van der Waals surface area contributed by atoms with E-state index in [9.17, 15) is 9.59 Å². The van der Waals surface area contributed by atoms with Gasteiger partial charge in [-0.05, 0) is 43.2 Å². The van der Waals surface area contributed by atoms with E-state index in [2.05, 4.69) is 10.6 Å². The second kappa shape index (κ2) is 10.9. The van der Waals surface area contributed by atoms with Gasteiger partial charge >= 0.3 is 5.97 Å². The fourth-order valence-electron chi connectivity index (χ4n) is 4.60. The first kappa shape index (κ1) is 24.6. The topological polar surface area (TPSA) is 108 Å². The van der Waals surface area contributed by atoms with Gasteiger partial charge in [0.1, 0.15) is 17.2 Å². The molecule has 9 nitrogen and oxygen atoms in total. The molecule has 192 valence electrons. The van der Waals surface area contributed by atoms with Crippen molar-refractivity contribution in [3.8, 4) is 0 Å². The number of aryl methyl sites for hydroxylation is 1. The van der Waals surface area contributed by atoms with Gasteiger partial charge in [-0.15, -0.1) is 0 Å². The Morgan fingerprint density at radius 1 is 1.16 bits per heavy atom. The van der Waals surface area contributed by atoms with Crippen LogP contribution in [0, 0.1) is 0 Å². The van der Waals surface area contributed by atoms with Crippen LogP contribution in [0.1, 0.15) is 52.1 Å². The molecule has 37 heavy (non-hydrogen) atoms. The zero-order chi connectivity index (χ0) is 25.8. The van der Waals surface area contributed by atoms with Gasteiger partial charge in [0.15, 0.2) is 5.69 Å². The summed E-state index contributed by atoms with van der Waals surface area (Å²) in [5, 5.41) is 6.91. The van der Waals surface area contributed by atoms with Crippen LogP contribution < -0.4 is 10.6 Å². The van der Waals surface area contributed by atoms with Crippen LogP contribution in [0.15, 0.2) is 59.1 Å². The van der Waals surface area contributed by atoms with E-state index in [4.69, 9.17) is 18.9 Å². The van der Waals surface area contributed by atoms with Crippen molar-refractivity contribution in [1.82, 2.24) is 9.55 Å². The lowest BCUT2D eigenvalue weighted by Gasteiger charge is -2.14. The smallest absolute Gasteiger partial charge is 0.356 e. The van der Waals surface area contributed by atoms with Crippen molar-refractivity contribution in [3.63, 3.8) is 0 Å². The van der Waals surface area contributed by atoms with Crippen LogP contribution in [-0.2, 0) is 29.0 Å². The standard InChI is InChI=1S/C28H30N4O5/c1-3-20-11-12-21(37-20)16-29-19-14-23-24(31-27(33)18-8-5-4-6-9-18)25(28(34)35-2)32(26(23)30-15-19)17-22-10-7-13-36-22/h4-6,8-9,11-12,14-15,22,29H,3,7,10,13,16-17H2,1-2H3,(H,31,33). The number of anilines is 2. The number of nitrogens with one attached hydrogen (secondary N) is 2. The number of amides is 1. The zero-order valence-corrected chi connectivity index (χ0v) is 21.0. The van der Waals surface area contributed by atoms with E-state index in [-0.39, 0.29) is 17.7 Å². The summed E-state index contributed by atoms with van der Waals surface area (Å²) in [6.45, 7) is 3.62. The summed E-state index contributed by atoms with van der Waals surface area (Å²) in [6.07, 6.45) is 4.33. The third kappa shape index (κ3) is 5.22. The van der Waals surface area contributed by atoms with Gasteiger partial charge < -0.3 is 29.1 Å². The van der Waals surface area contributed by atoms with Crippen molar-refractivity contribution in [3.05, 3.63) is 77.5 Å². The number of carbonyl (C=O) groups excluding carboxylic acids is 2. The van der Waals surface area contributed by atoms with Gasteiger partial charge in [-0.1, -0.05) is 25.1 Å². The number of ether oxygens (including phenoxy) is 2. The van der Waals surface area contributed by atoms with Crippen LogP contribution in [0.25, 0.3) is 11.0 Å². The molecule has 0 bridgehead atoms. The van der Waals surface area contributed by atoms with E-state index in [1.54, 1.807) is 35.0 Å². The fraction of sp³-hybridized carbons (Fsp3) is 0.321. The Morgan fingerprint density at radius 3 is 2.68 bits per heavy atom. The summed E-state index contributed by atoms with van der Waals surface area (Å²) in [5.41, 5.74) is 2.36. The Bertz CT molecular complexity index is 1400. The van der Waals surface area contributed by atoms with Crippen molar-refractivity contribution < 1.29 is 23.5 Å². The molecule has 0 saturated carbocycles. The molecule has 2 N–H and O–H groups in total. The minimum Gasteiger partial charge on any atom is -0.464 e. The third-order valence-electron chi connectivity index (χ3n) is 6.49. The molecule has 1 aromatic carbocycles. The molecule has 0 radical (unpaired) electrons. The van der Waals surface area contributed by atoms with Crippen LogP contribution in [0.5, 0.6) is 0 Å². The van der Waals surface area contributed by atoms with Crippen LogP contribution in [0.3, 0.4) is 0 Å². The van der Waals surface area contributed by atoms with Crippen molar-refractivity contribution in [2.75, 3.05) is 24.4 Å². The normalized spacial score (nSPS) is 15.1. The van der Waals surface area contributed by atoms with Gasteiger partial charge in [-0.3, -0.25) is 4.79 Å². The average Bonchev–Trinajstić information content (AvgIpc) is 3.68. The molecule has 4 aromatic rings. The van der Waals surface area contributed by atoms with Gasteiger partial charge in [0.2, 0.25) is 0 Å². The van der Waals surface area contributed by atoms with Gasteiger partial charge in [0, 0.05) is 24.0 Å². The largest absolute Gasteiger partial charge is 0.464 e. The SMILES string of the molecule is CCc1ccc(CNc2cnc3c(c2)c(NC(=O)c2ccccc2)c(C(=O)OC)n3CC2CCCO2)o1. The van der Waals surface area contributed by atoms with Gasteiger partial charge in [-0.2, -0.15) is 0 Å². The van der Waals surface area contributed by atoms with Crippen molar-refractivity contribution >= 4 is 34.3 Å². The highest BCUT2D eigenvalue weighted by Crippen LogP contribution is 2.34. The minimum absolute atomic E-state index is 0.0528. The predicted octanol–water partition coefficient (Wildman–Crippen LogP) is 5.02. The Kier molecular flexibility index (Phi) is 7.23. The highest BCUT2D eigenvalue weighted by atomic mass is 16.5. The van der Waals surface area contributed by atoms with Crippen molar-refractivity contribution in [2.24, 2.45) is 0 Å². The second-order valence-corrected chi connectivity index (χ2v) is 8.95. The Balaban J connectivity index is 1.56. The van der Waals surface area contributed by atoms with E-state index < -0.39 is 5.97 Å². The first-order valence-electron chi connectivity index (χ1n) is 12.5. The van der Waals surface area contributed by atoms with Crippen LogP contribution >= 0.6 is 0 Å². The fourth-order valence-corrected chi connectivity index (χ4v) is 4.60. The second-order valence-electron chi connectivity index (χ2n) is 8.95. The molecule has 1 amide bonds. The summed E-state index contributed by atoms with van der Waals surface area (Å²) >= 11 is 0. The lowest BCUT2D eigenvalue weighted by molar-refractivity contribution is 0.0580. The molecular weight excluding hydrogens is 472 g/mol. The summed E-state index contributed by atoms with van der Waals surface area (Å²) in [6, 6.07) is 14.6. The number of furan rings is 1. The number of nitrogens with zero attached hydrogens (tertiary/aromatic N) is 2. The van der Waals surface area contributed by atoms with E-state index in [0.29, 0.717) is 42.0 Å². The first-order valence-corrected chi connectivity index (χ1v) is 12.5. The molecule has 1 fully saturated rings. The number of hydrogen-bond acceptors (Lipinski definition) is 7. The summed E-state index contributed by atoms with van der Waals surface area (Å²) in [7, 11) is 1.33. The quantitative estimate of drug-likeness (QED) is 0.309. The molecule has 1 aliphatic rings. The maximum atomic E-state index is 13.2. The number of rotatable bonds is 9.